The van der Waals surface area contributed by atoms with E-state index in [1.807, 2.05) is 72.0 Å². The van der Waals surface area contributed by atoms with Crippen molar-refractivity contribution < 1.29 is 32.8 Å². The summed E-state index contributed by atoms with van der Waals surface area (Å²) in [6.45, 7) is 12.4. The third-order valence-electron chi connectivity index (χ3n) is 12.3. The predicted molar refractivity (Wildman–Crippen MR) is 216 cm³/mol. The molecule has 2 aromatic carbocycles. The molecule has 15 heteroatoms. The first-order valence-corrected chi connectivity index (χ1v) is 20.7. The Balaban J connectivity index is 1.07. The number of H-pyrrole nitrogens is 1. The number of ether oxygens (including phenoxy) is 2. The van der Waals surface area contributed by atoms with Gasteiger partial charge in [0.05, 0.1) is 62.9 Å². The average Bonchev–Trinajstić information content (AvgIpc) is 3.65. The first kappa shape index (κ1) is 37.8. The topological polar surface area (TPSA) is 133 Å². The fourth-order valence-corrected chi connectivity index (χ4v) is 9.27. The third-order valence-corrected chi connectivity index (χ3v) is 13.3. The maximum absolute atomic E-state index is 16.7. The molecule has 3 aromatic heterocycles. The highest BCUT2D eigenvalue weighted by molar-refractivity contribution is 7.11. The minimum atomic E-state index is -0.749. The lowest BCUT2D eigenvalue weighted by Crippen LogP contribution is -2.51. The Morgan fingerprint density at radius 3 is 2.56 bits per heavy atom. The first-order chi connectivity index (χ1) is 27.2. The first-order valence-electron chi connectivity index (χ1n) is 19.9. The number of rotatable bonds is 9. The van der Waals surface area contributed by atoms with Gasteiger partial charge in [-0.1, -0.05) is 26.0 Å². The quantitative estimate of drug-likeness (QED) is 0.147. The molecule has 3 fully saturated rings. The van der Waals surface area contributed by atoms with Crippen molar-refractivity contribution in [1.82, 2.24) is 29.7 Å². The molecule has 6 heterocycles. The zero-order valence-electron chi connectivity index (χ0n) is 33.4. The normalized spacial score (nSPS) is 21.4. The zero-order valence-corrected chi connectivity index (χ0v) is 34.2. The molecule has 2 N–H and O–H groups in total. The summed E-state index contributed by atoms with van der Waals surface area (Å²) < 4.78 is 43.2. The summed E-state index contributed by atoms with van der Waals surface area (Å²) in [5.41, 5.74) is 3.06. The molecule has 0 bridgehead atoms. The van der Waals surface area contributed by atoms with Gasteiger partial charge in [0, 0.05) is 30.1 Å². The molecule has 2 saturated heterocycles. The number of benzene rings is 2. The fourth-order valence-electron chi connectivity index (χ4n) is 8.21. The van der Waals surface area contributed by atoms with Gasteiger partial charge in [0.1, 0.15) is 23.4 Å². The van der Waals surface area contributed by atoms with E-state index in [0.29, 0.717) is 53.0 Å². The van der Waals surface area contributed by atoms with E-state index in [4.69, 9.17) is 28.8 Å². The second-order valence-electron chi connectivity index (χ2n) is 17.1. The molecule has 0 spiro atoms. The minimum Gasteiger partial charge on any atom is -0.464 e. The van der Waals surface area contributed by atoms with E-state index in [0.717, 1.165) is 39.1 Å². The molecule has 9 rings (SSSR count). The molecule has 3 unspecified atom stereocenters. The van der Waals surface area contributed by atoms with E-state index in [2.05, 4.69) is 20.9 Å². The van der Waals surface area contributed by atoms with E-state index >= 15 is 4.39 Å². The van der Waals surface area contributed by atoms with Gasteiger partial charge >= 0.3 is 13.2 Å². The van der Waals surface area contributed by atoms with Crippen LogP contribution in [0.1, 0.15) is 95.2 Å². The van der Waals surface area contributed by atoms with Gasteiger partial charge in [-0.3, -0.25) is 9.36 Å². The third kappa shape index (κ3) is 6.70. The molecule has 298 valence electrons. The number of nitrogens with zero attached hydrogens (tertiary/aromatic N) is 4. The van der Waals surface area contributed by atoms with E-state index < -0.39 is 42.5 Å². The van der Waals surface area contributed by atoms with Crippen LogP contribution in [0.3, 0.4) is 0 Å². The van der Waals surface area contributed by atoms with Gasteiger partial charge in [-0.15, -0.1) is 11.3 Å². The molecule has 0 radical (unpaired) electrons. The van der Waals surface area contributed by atoms with Gasteiger partial charge < -0.3 is 34.0 Å². The Morgan fingerprint density at radius 2 is 1.84 bits per heavy atom. The number of fused-ring (bicyclic) bond motifs is 5. The van der Waals surface area contributed by atoms with Crippen molar-refractivity contribution in [2.75, 3.05) is 13.7 Å². The van der Waals surface area contributed by atoms with Gasteiger partial charge in [-0.25, -0.2) is 19.2 Å². The van der Waals surface area contributed by atoms with E-state index in [1.54, 1.807) is 22.4 Å². The number of amides is 2. The van der Waals surface area contributed by atoms with Crippen molar-refractivity contribution in [3.8, 4) is 28.3 Å². The smallest absolute Gasteiger partial charge is 0.464 e. The van der Waals surface area contributed by atoms with Crippen LogP contribution in [0.25, 0.3) is 33.4 Å². The van der Waals surface area contributed by atoms with Crippen molar-refractivity contribution >= 4 is 46.8 Å². The molecular formula is C42H48BFN6O6S. The monoisotopic (exact) mass is 794 g/mol. The van der Waals surface area contributed by atoms with Crippen LogP contribution in [0.2, 0.25) is 0 Å². The maximum atomic E-state index is 16.7. The standard InChI is InChI=1S/C42H48BFN6O6S/c1-22(2)36(48-40(52)53-7)38(51)49-14-8-9-30(49)37-46-20-28(47-37)24-17-27(44)35-31-18-25-16-26(43-55-41(3,4)42(5,6)56-43)12-13-29(25)50(31)39(54-32(35)19-24)33-21-45-34(57-33)15-23-10-11-23/h12-13,16-23,30,36,39H,8-11,14-15H2,1-7H3,(H,46,47)(H,48,52). The van der Waals surface area contributed by atoms with E-state index in [1.165, 1.54) is 26.0 Å². The Morgan fingerprint density at radius 1 is 1.07 bits per heavy atom. The van der Waals surface area contributed by atoms with Crippen LogP contribution < -0.4 is 15.5 Å². The van der Waals surface area contributed by atoms with Gasteiger partial charge in [0.15, 0.2) is 0 Å². The number of nitrogens with one attached hydrogen (secondary N) is 2. The van der Waals surface area contributed by atoms with Crippen molar-refractivity contribution in [1.29, 1.82) is 0 Å². The summed E-state index contributed by atoms with van der Waals surface area (Å²) in [4.78, 5) is 41.4. The van der Waals surface area contributed by atoms with Crippen LogP contribution in [-0.2, 0) is 25.3 Å². The van der Waals surface area contributed by atoms with Crippen molar-refractivity contribution in [2.45, 2.75) is 103 Å². The van der Waals surface area contributed by atoms with Gasteiger partial charge in [-0.05, 0) is 94.9 Å². The number of carbonyl (C=O) groups is 2. The number of aromatic amines is 1. The summed E-state index contributed by atoms with van der Waals surface area (Å²) >= 11 is 1.64. The minimum absolute atomic E-state index is 0.155. The number of alkyl carbamates (subject to hydrolysis) is 1. The van der Waals surface area contributed by atoms with Crippen LogP contribution in [0, 0.1) is 17.7 Å². The molecular weight excluding hydrogens is 746 g/mol. The SMILES string of the molecule is COC(=O)NC(C(=O)N1CCCC1c1ncc(-c2cc(F)c3c(c2)OC(c2cnc(CC4CC4)s2)n2c-3cc3cc(B4OC(C)(C)C(C)(C)O4)ccc32)[nH]1)C(C)C. The van der Waals surface area contributed by atoms with Gasteiger partial charge in [0.25, 0.3) is 0 Å². The molecule has 1 aliphatic carbocycles. The second-order valence-corrected chi connectivity index (χ2v) is 18.3. The second kappa shape index (κ2) is 14.0. The summed E-state index contributed by atoms with van der Waals surface area (Å²) in [5.74, 6) is 0.912. The van der Waals surface area contributed by atoms with Gasteiger partial charge in [-0.2, -0.15) is 0 Å². The van der Waals surface area contributed by atoms with Crippen LogP contribution in [-0.4, -0.2) is 74.4 Å². The van der Waals surface area contributed by atoms with Crippen LogP contribution in [0.5, 0.6) is 5.75 Å². The summed E-state index contributed by atoms with van der Waals surface area (Å²) in [6.07, 6.45) is 7.24. The zero-order chi connectivity index (χ0) is 40.0. The Hall–Kier alpha value is -4.73. The van der Waals surface area contributed by atoms with Gasteiger partial charge in [0.2, 0.25) is 12.1 Å². The summed E-state index contributed by atoms with van der Waals surface area (Å²) in [7, 11) is 0.738. The molecule has 4 aliphatic rings. The van der Waals surface area contributed by atoms with Crippen LogP contribution in [0.15, 0.2) is 48.8 Å². The lowest BCUT2D eigenvalue weighted by molar-refractivity contribution is -0.135. The molecule has 2 amide bonds. The predicted octanol–water partition coefficient (Wildman–Crippen LogP) is 7.53. The highest BCUT2D eigenvalue weighted by Gasteiger charge is 2.52. The lowest BCUT2D eigenvalue weighted by Gasteiger charge is -2.32. The molecule has 3 aliphatic heterocycles. The largest absolute Gasteiger partial charge is 0.494 e. The molecule has 5 aromatic rings. The number of thiazole rings is 1. The summed E-state index contributed by atoms with van der Waals surface area (Å²) in [5, 5.41) is 4.68. The van der Waals surface area contributed by atoms with E-state index in [-0.39, 0.29) is 17.9 Å². The number of methoxy groups -OCH3 is 1. The maximum Gasteiger partial charge on any atom is 0.494 e. The number of halogens is 1. The Bertz CT molecular complexity index is 2370. The lowest BCUT2D eigenvalue weighted by atomic mass is 9.78. The number of aromatic nitrogens is 4. The molecule has 12 nitrogen and oxygen atoms in total. The molecule has 3 atom stereocenters. The van der Waals surface area contributed by atoms with Crippen LogP contribution >= 0.6 is 11.3 Å². The fraction of sp³-hybridized carbons (Fsp3) is 0.476. The highest BCUT2D eigenvalue weighted by atomic mass is 32.1. The number of carbonyl (C=O) groups excluding carboxylic acids is 2. The van der Waals surface area contributed by atoms with Crippen molar-refractivity contribution in [3.05, 3.63) is 70.3 Å². The Kier molecular flexibility index (Phi) is 9.28. The highest BCUT2D eigenvalue weighted by Crippen LogP contribution is 2.48. The number of hydrogen-bond donors (Lipinski definition) is 2. The van der Waals surface area contributed by atoms with E-state index in [9.17, 15) is 9.59 Å². The molecule has 1 saturated carbocycles. The average molecular weight is 795 g/mol. The number of likely N-dealkylation sites (tertiary alicyclic amines) is 1. The summed E-state index contributed by atoms with van der Waals surface area (Å²) in [6, 6.07) is 10.4. The van der Waals surface area contributed by atoms with Crippen molar-refractivity contribution in [2.24, 2.45) is 11.8 Å². The number of imidazole rings is 1. The van der Waals surface area contributed by atoms with Crippen molar-refractivity contribution in [3.63, 3.8) is 0 Å². The number of hydrogen-bond acceptors (Lipinski definition) is 9. The molecule has 57 heavy (non-hydrogen) atoms. The Labute approximate surface area is 335 Å². The van der Waals surface area contributed by atoms with Crippen LogP contribution in [0.4, 0.5) is 9.18 Å².